The predicted octanol–water partition coefficient (Wildman–Crippen LogP) is 5.90. The lowest BCUT2D eigenvalue weighted by atomic mass is 10.0. The van der Waals surface area contributed by atoms with E-state index < -0.39 is 0 Å². The van der Waals surface area contributed by atoms with E-state index in [9.17, 15) is 0 Å². The Morgan fingerprint density at radius 2 is 1.88 bits per heavy atom. The summed E-state index contributed by atoms with van der Waals surface area (Å²) in [7, 11) is 0. The van der Waals surface area contributed by atoms with Gasteiger partial charge in [-0.25, -0.2) is 4.68 Å². The fourth-order valence-corrected chi connectivity index (χ4v) is 3.71. The molecule has 0 saturated heterocycles. The first-order valence-corrected chi connectivity index (χ1v) is 9.27. The van der Waals surface area contributed by atoms with Crippen LogP contribution in [0.5, 0.6) is 0 Å². The minimum Gasteiger partial charge on any atom is -0.370 e. The third-order valence-electron chi connectivity index (χ3n) is 4.63. The first-order valence-electron chi connectivity index (χ1n) is 8.52. The average Bonchev–Trinajstić information content (AvgIpc) is 2.78. The van der Waals surface area contributed by atoms with Gasteiger partial charge in [0.1, 0.15) is 5.82 Å². The zero-order valence-electron chi connectivity index (χ0n) is 14.0. The molecule has 3 aromatic rings. The second-order valence-corrected chi connectivity index (χ2v) is 7.29. The summed E-state index contributed by atoms with van der Waals surface area (Å²) in [6, 6.07) is 13.8. The van der Waals surface area contributed by atoms with Crippen molar-refractivity contribution in [1.29, 1.82) is 0 Å². The molecule has 2 aromatic carbocycles. The molecule has 4 rings (SSSR count). The number of benzene rings is 2. The molecule has 0 spiro atoms. The number of hydrogen-bond donors (Lipinski definition) is 1. The molecule has 5 heteroatoms. The van der Waals surface area contributed by atoms with Crippen molar-refractivity contribution in [3.05, 3.63) is 63.6 Å². The Balaban J connectivity index is 1.95. The largest absolute Gasteiger partial charge is 0.370 e. The van der Waals surface area contributed by atoms with Crippen molar-refractivity contribution in [2.24, 2.45) is 0 Å². The average molecular weight is 372 g/mol. The highest BCUT2D eigenvalue weighted by Crippen LogP contribution is 2.35. The highest BCUT2D eigenvalue weighted by Gasteiger charge is 2.22. The van der Waals surface area contributed by atoms with Crippen molar-refractivity contribution >= 4 is 29.0 Å². The Bertz CT molecular complexity index is 931. The Morgan fingerprint density at radius 3 is 2.72 bits per heavy atom. The van der Waals surface area contributed by atoms with E-state index in [0.29, 0.717) is 5.02 Å². The number of rotatable bonds is 2. The van der Waals surface area contributed by atoms with Crippen LogP contribution in [0.1, 0.15) is 24.0 Å². The van der Waals surface area contributed by atoms with Crippen LogP contribution >= 0.6 is 23.2 Å². The van der Waals surface area contributed by atoms with Crippen molar-refractivity contribution in [2.45, 2.75) is 26.2 Å². The third-order valence-corrected chi connectivity index (χ3v) is 5.10. The third kappa shape index (κ3) is 3.14. The molecular weight excluding hydrogens is 353 g/mol. The molecule has 1 aliphatic rings. The molecule has 0 saturated carbocycles. The molecule has 0 bridgehead atoms. The standard InChI is InChI=1S/C20H19Cl2N3/c1-13-8-9-16(22)12-18(13)25-20-17(7-2-3-10-23-20)19(24-25)14-5-4-6-15(21)11-14/h4-6,8-9,11-12,23H,2-3,7,10H2,1H3. The minimum absolute atomic E-state index is 0.711. The fourth-order valence-electron chi connectivity index (χ4n) is 3.36. The minimum atomic E-state index is 0.711. The van der Waals surface area contributed by atoms with E-state index in [0.717, 1.165) is 59.2 Å². The number of aryl methyl sites for hydroxylation is 1. The van der Waals surface area contributed by atoms with E-state index in [4.69, 9.17) is 28.3 Å². The predicted molar refractivity (Wildman–Crippen MR) is 105 cm³/mol. The molecule has 0 unspecified atom stereocenters. The van der Waals surface area contributed by atoms with Crippen molar-refractivity contribution in [3.63, 3.8) is 0 Å². The van der Waals surface area contributed by atoms with Crippen molar-refractivity contribution < 1.29 is 0 Å². The summed E-state index contributed by atoms with van der Waals surface area (Å²) < 4.78 is 2.00. The Morgan fingerprint density at radius 1 is 1.04 bits per heavy atom. The van der Waals surface area contributed by atoms with Crippen LogP contribution < -0.4 is 5.32 Å². The maximum atomic E-state index is 6.25. The van der Waals surface area contributed by atoms with Gasteiger partial charge in [0.05, 0.1) is 11.4 Å². The van der Waals surface area contributed by atoms with E-state index in [1.54, 1.807) is 0 Å². The van der Waals surface area contributed by atoms with Gasteiger partial charge in [-0.2, -0.15) is 5.10 Å². The van der Waals surface area contributed by atoms with Crippen LogP contribution in [-0.2, 0) is 6.42 Å². The highest BCUT2D eigenvalue weighted by atomic mass is 35.5. The Labute approximate surface area is 157 Å². The summed E-state index contributed by atoms with van der Waals surface area (Å²) in [5.74, 6) is 1.07. The molecule has 1 aliphatic heterocycles. The van der Waals surface area contributed by atoms with Crippen LogP contribution in [0, 0.1) is 6.92 Å². The van der Waals surface area contributed by atoms with Gasteiger partial charge in [-0.3, -0.25) is 0 Å². The maximum Gasteiger partial charge on any atom is 0.133 e. The molecular formula is C20H19Cl2N3. The normalized spacial score (nSPS) is 13.9. The van der Waals surface area contributed by atoms with Crippen LogP contribution in [0.4, 0.5) is 5.82 Å². The first kappa shape index (κ1) is 16.5. The second-order valence-electron chi connectivity index (χ2n) is 6.41. The Kier molecular flexibility index (Phi) is 4.45. The highest BCUT2D eigenvalue weighted by molar-refractivity contribution is 6.31. The molecule has 25 heavy (non-hydrogen) atoms. The topological polar surface area (TPSA) is 29.9 Å². The molecule has 0 atom stereocenters. The van der Waals surface area contributed by atoms with Crippen LogP contribution in [-0.4, -0.2) is 16.3 Å². The summed E-state index contributed by atoms with van der Waals surface area (Å²) in [6.07, 6.45) is 3.30. The summed E-state index contributed by atoms with van der Waals surface area (Å²) in [4.78, 5) is 0. The van der Waals surface area contributed by atoms with E-state index in [1.807, 2.05) is 41.1 Å². The maximum absolute atomic E-state index is 6.25. The smallest absolute Gasteiger partial charge is 0.133 e. The van der Waals surface area contributed by atoms with Crippen LogP contribution in [0.2, 0.25) is 10.0 Å². The van der Waals surface area contributed by atoms with Crippen LogP contribution in [0.3, 0.4) is 0 Å². The van der Waals surface area contributed by atoms with E-state index in [1.165, 1.54) is 5.56 Å². The molecule has 3 nitrogen and oxygen atoms in total. The quantitative estimate of drug-likeness (QED) is 0.607. The molecule has 0 radical (unpaired) electrons. The van der Waals surface area contributed by atoms with Gasteiger partial charge < -0.3 is 5.32 Å². The van der Waals surface area contributed by atoms with Gasteiger partial charge >= 0.3 is 0 Å². The number of fused-ring (bicyclic) bond motifs is 1. The lowest BCUT2D eigenvalue weighted by Crippen LogP contribution is -2.08. The molecule has 1 aromatic heterocycles. The molecule has 2 heterocycles. The van der Waals surface area contributed by atoms with Crippen molar-refractivity contribution in [1.82, 2.24) is 9.78 Å². The van der Waals surface area contributed by atoms with Crippen LogP contribution in [0.25, 0.3) is 16.9 Å². The summed E-state index contributed by atoms with van der Waals surface area (Å²) in [6.45, 7) is 3.03. The SMILES string of the molecule is Cc1ccc(Cl)cc1-n1nc(-c2cccc(Cl)c2)c2c1NCCCC2. The number of nitrogens with zero attached hydrogens (tertiary/aromatic N) is 2. The Hall–Kier alpha value is -1.97. The van der Waals surface area contributed by atoms with Crippen LogP contribution in [0.15, 0.2) is 42.5 Å². The van der Waals surface area contributed by atoms with E-state index in [2.05, 4.69) is 18.3 Å². The number of hydrogen-bond acceptors (Lipinski definition) is 2. The first-order chi connectivity index (χ1) is 12.1. The summed E-state index contributed by atoms with van der Waals surface area (Å²) >= 11 is 12.5. The van der Waals surface area contributed by atoms with Gasteiger partial charge in [-0.05, 0) is 56.0 Å². The molecule has 0 amide bonds. The van der Waals surface area contributed by atoms with Gasteiger partial charge in [0.15, 0.2) is 0 Å². The zero-order valence-corrected chi connectivity index (χ0v) is 15.5. The number of anilines is 1. The summed E-state index contributed by atoms with van der Waals surface area (Å²) in [5.41, 5.74) is 5.43. The number of aromatic nitrogens is 2. The van der Waals surface area contributed by atoms with E-state index in [-0.39, 0.29) is 0 Å². The lowest BCUT2D eigenvalue weighted by Gasteiger charge is -2.12. The van der Waals surface area contributed by atoms with Gasteiger partial charge in [0.2, 0.25) is 0 Å². The van der Waals surface area contributed by atoms with E-state index >= 15 is 0 Å². The van der Waals surface area contributed by atoms with Crippen molar-refractivity contribution in [3.8, 4) is 16.9 Å². The zero-order chi connectivity index (χ0) is 17.4. The van der Waals surface area contributed by atoms with Crippen molar-refractivity contribution in [2.75, 3.05) is 11.9 Å². The second kappa shape index (κ2) is 6.74. The number of halogens is 2. The number of nitrogens with one attached hydrogen (secondary N) is 1. The van der Waals surface area contributed by atoms with Gasteiger partial charge in [-0.1, -0.05) is 41.4 Å². The molecule has 0 fully saturated rings. The molecule has 128 valence electrons. The lowest BCUT2D eigenvalue weighted by molar-refractivity contribution is 0.779. The van der Waals surface area contributed by atoms with Gasteiger partial charge in [-0.15, -0.1) is 0 Å². The van der Waals surface area contributed by atoms with Gasteiger partial charge in [0, 0.05) is 27.7 Å². The molecule has 0 aliphatic carbocycles. The molecule has 1 N–H and O–H groups in total. The summed E-state index contributed by atoms with van der Waals surface area (Å²) in [5, 5.41) is 9.96. The monoisotopic (exact) mass is 371 g/mol. The van der Waals surface area contributed by atoms with Gasteiger partial charge in [0.25, 0.3) is 0 Å². The fraction of sp³-hybridized carbons (Fsp3) is 0.250.